The molecule has 1 aliphatic rings. The van der Waals surface area contributed by atoms with Crippen molar-refractivity contribution in [2.75, 3.05) is 6.54 Å². The maximum Gasteiger partial charge on any atom is 0.220 e. The quantitative estimate of drug-likeness (QED) is 0.730. The lowest BCUT2D eigenvalue weighted by atomic mass is 9.86. The van der Waals surface area contributed by atoms with Crippen LogP contribution in [-0.2, 0) is 4.79 Å². The maximum atomic E-state index is 11.4. The van der Waals surface area contributed by atoms with Gasteiger partial charge in [-0.3, -0.25) is 4.79 Å². The molecular weight excluding hydrogens is 188 g/mol. The van der Waals surface area contributed by atoms with Crippen LogP contribution < -0.4 is 11.1 Å². The summed E-state index contributed by atoms with van der Waals surface area (Å²) in [5, 5.41) is 3.01. The van der Waals surface area contributed by atoms with E-state index in [0.29, 0.717) is 18.4 Å². The third-order valence-corrected chi connectivity index (χ3v) is 3.17. The minimum atomic E-state index is 0.205. The molecule has 2 atom stereocenters. The van der Waals surface area contributed by atoms with E-state index in [1.807, 2.05) is 0 Å². The van der Waals surface area contributed by atoms with Gasteiger partial charge in [0.25, 0.3) is 0 Å². The van der Waals surface area contributed by atoms with Crippen LogP contribution in [0.25, 0.3) is 0 Å². The number of rotatable bonds is 5. The van der Waals surface area contributed by atoms with Crippen molar-refractivity contribution in [3.8, 4) is 0 Å². The smallest absolute Gasteiger partial charge is 0.220 e. The molecule has 3 heteroatoms. The van der Waals surface area contributed by atoms with Crippen LogP contribution in [0.1, 0.15) is 51.9 Å². The third kappa shape index (κ3) is 5.17. The first-order valence-electron chi connectivity index (χ1n) is 6.24. The summed E-state index contributed by atoms with van der Waals surface area (Å²) >= 11 is 0. The highest BCUT2D eigenvalue weighted by Crippen LogP contribution is 2.22. The van der Waals surface area contributed by atoms with Crippen molar-refractivity contribution in [2.45, 2.75) is 57.9 Å². The van der Waals surface area contributed by atoms with E-state index >= 15 is 0 Å². The fraction of sp³-hybridized carbons (Fsp3) is 0.917. The average molecular weight is 212 g/mol. The van der Waals surface area contributed by atoms with Crippen molar-refractivity contribution in [3.63, 3.8) is 0 Å². The fourth-order valence-corrected chi connectivity index (χ4v) is 2.20. The van der Waals surface area contributed by atoms with Crippen LogP contribution in [0.5, 0.6) is 0 Å². The summed E-state index contributed by atoms with van der Waals surface area (Å²) in [7, 11) is 0. The highest BCUT2D eigenvalue weighted by atomic mass is 16.1. The van der Waals surface area contributed by atoms with Crippen molar-refractivity contribution >= 4 is 5.91 Å². The SMILES string of the molecule is CCCCC(=O)NCC1CCCC(N)C1. The molecule has 3 N–H and O–H groups in total. The lowest BCUT2D eigenvalue weighted by Gasteiger charge is -2.26. The number of nitrogens with two attached hydrogens (primary N) is 1. The number of carbonyl (C=O) groups excluding carboxylic acids is 1. The first-order chi connectivity index (χ1) is 7.22. The first-order valence-corrected chi connectivity index (χ1v) is 6.24. The molecular formula is C12H24N2O. The lowest BCUT2D eigenvalue weighted by molar-refractivity contribution is -0.121. The number of amides is 1. The Morgan fingerprint density at radius 1 is 1.47 bits per heavy atom. The Kier molecular flexibility index (Phi) is 5.69. The molecule has 0 bridgehead atoms. The van der Waals surface area contributed by atoms with Gasteiger partial charge < -0.3 is 11.1 Å². The highest BCUT2D eigenvalue weighted by Gasteiger charge is 2.19. The van der Waals surface area contributed by atoms with Crippen molar-refractivity contribution in [1.29, 1.82) is 0 Å². The molecule has 88 valence electrons. The second-order valence-electron chi connectivity index (χ2n) is 4.70. The van der Waals surface area contributed by atoms with E-state index in [0.717, 1.165) is 32.2 Å². The topological polar surface area (TPSA) is 55.1 Å². The predicted molar refractivity (Wildman–Crippen MR) is 62.5 cm³/mol. The Labute approximate surface area is 92.8 Å². The van der Waals surface area contributed by atoms with E-state index in [1.165, 1.54) is 12.8 Å². The Bertz CT molecular complexity index is 194. The highest BCUT2D eigenvalue weighted by molar-refractivity contribution is 5.75. The standard InChI is InChI=1S/C12H24N2O/c1-2-3-7-12(15)14-9-10-5-4-6-11(13)8-10/h10-11H,2-9,13H2,1H3,(H,14,15). The zero-order valence-corrected chi connectivity index (χ0v) is 9.80. The van der Waals surface area contributed by atoms with Gasteiger partial charge in [-0.2, -0.15) is 0 Å². The molecule has 0 radical (unpaired) electrons. The Morgan fingerprint density at radius 2 is 2.27 bits per heavy atom. The van der Waals surface area contributed by atoms with Gasteiger partial charge in [-0.1, -0.05) is 19.8 Å². The van der Waals surface area contributed by atoms with E-state index in [4.69, 9.17) is 5.73 Å². The molecule has 0 aliphatic heterocycles. The van der Waals surface area contributed by atoms with E-state index in [9.17, 15) is 4.79 Å². The largest absolute Gasteiger partial charge is 0.356 e. The second-order valence-corrected chi connectivity index (χ2v) is 4.70. The van der Waals surface area contributed by atoms with Gasteiger partial charge in [-0.05, 0) is 31.6 Å². The molecule has 0 spiro atoms. The van der Waals surface area contributed by atoms with Crippen LogP contribution >= 0.6 is 0 Å². The molecule has 0 aromatic rings. The molecule has 0 aromatic carbocycles. The zero-order valence-electron chi connectivity index (χ0n) is 9.80. The van der Waals surface area contributed by atoms with Gasteiger partial charge in [0.1, 0.15) is 0 Å². The van der Waals surface area contributed by atoms with Crippen molar-refractivity contribution in [3.05, 3.63) is 0 Å². The minimum Gasteiger partial charge on any atom is -0.356 e. The van der Waals surface area contributed by atoms with Gasteiger partial charge in [0.05, 0.1) is 0 Å². The van der Waals surface area contributed by atoms with E-state index < -0.39 is 0 Å². The van der Waals surface area contributed by atoms with Gasteiger partial charge >= 0.3 is 0 Å². The van der Waals surface area contributed by atoms with Crippen LogP contribution in [0.15, 0.2) is 0 Å². The van der Waals surface area contributed by atoms with Crippen molar-refractivity contribution < 1.29 is 4.79 Å². The summed E-state index contributed by atoms with van der Waals surface area (Å²) in [5.41, 5.74) is 5.90. The number of carbonyl (C=O) groups is 1. The lowest BCUT2D eigenvalue weighted by Crippen LogP contribution is -2.35. The van der Waals surface area contributed by atoms with Gasteiger partial charge in [0, 0.05) is 19.0 Å². The number of unbranched alkanes of at least 4 members (excludes halogenated alkanes) is 1. The molecule has 0 heterocycles. The van der Waals surface area contributed by atoms with Gasteiger partial charge in [0.15, 0.2) is 0 Å². The zero-order chi connectivity index (χ0) is 11.1. The molecule has 0 aromatic heterocycles. The Hall–Kier alpha value is -0.570. The summed E-state index contributed by atoms with van der Waals surface area (Å²) in [5.74, 6) is 0.815. The third-order valence-electron chi connectivity index (χ3n) is 3.17. The minimum absolute atomic E-state index is 0.205. The summed E-state index contributed by atoms with van der Waals surface area (Å²) < 4.78 is 0. The van der Waals surface area contributed by atoms with Crippen LogP contribution in [0, 0.1) is 5.92 Å². The number of hydrogen-bond donors (Lipinski definition) is 2. The van der Waals surface area contributed by atoms with Crippen LogP contribution in [-0.4, -0.2) is 18.5 Å². The molecule has 2 unspecified atom stereocenters. The average Bonchev–Trinajstić information content (AvgIpc) is 2.23. The molecule has 1 rings (SSSR count). The monoisotopic (exact) mass is 212 g/mol. The number of hydrogen-bond acceptors (Lipinski definition) is 2. The molecule has 1 saturated carbocycles. The summed E-state index contributed by atoms with van der Waals surface area (Å²) in [4.78, 5) is 11.4. The van der Waals surface area contributed by atoms with Crippen molar-refractivity contribution in [1.82, 2.24) is 5.32 Å². The molecule has 1 fully saturated rings. The predicted octanol–water partition coefficient (Wildman–Crippen LogP) is 1.81. The van der Waals surface area contributed by atoms with E-state index in [-0.39, 0.29) is 5.91 Å². The maximum absolute atomic E-state index is 11.4. The molecule has 15 heavy (non-hydrogen) atoms. The fourth-order valence-electron chi connectivity index (χ4n) is 2.20. The van der Waals surface area contributed by atoms with E-state index in [2.05, 4.69) is 12.2 Å². The summed E-state index contributed by atoms with van der Waals surface area (Å²) in [6, 6.07) is 0.358. The van der Waals surface area contributed by atoms with Gasteiger partial charge in [-0.15, -0.1) is 0 Å². The van der Waals surface area contributed by atoms with Gasteiger partial charge in [0.2, 0.25) is 5.91 Å². The Morgan fingerprint density at radius 3 is 2.93 bits per heavy atom. The molecule has 0 saturated heterocycles. The summed E-state index contributed by atoms with van der Waals surface area (Å²) in [6.45, 7) is 2.93. The second kappa shape index (κ2) is 6.83. The molecule has 1 aliphatic carbocycles. The summed E-state index contributed by atoms with van der Waals surface area (Å²) in [6.07, 6.45) is 7.43. The van der Waals surface area contributed by atoms with E-state index in [1.54, 1.807) is 0 Å². The van der Waals surface area contributed by atoms with Crippen LogP contribution in [0.4, 0.5) is 0 Å². The Balaban J connectivity index is 2.10. The number of nitrogens with one attached hydrogen (secondary N) is 1. The first kappa shape index (κ1) is 12.5. The van der Waals surface area contributed by atoms with Crippen LogP contribution in [0.2, 0.25) is 0 Å². The molecule has 1 amide bonds. The molecule has 3 nitrogen and oxygen atoms in total. The van der Waals surface area contributed by atoms with Crippen LogP contribution in [0.3, 0.4) is 0 Å². The normalized spacial score (nSPS) is 26.3. The van der Waals surface area contributed by atoms with Crippen molar-refractivity contribution in [2.24, 2.45) is 11.7 Å². The van der Waals surface area contributed by atoms with Gasteiger partial charge in [-0.25, -0.2) is 0 Å².